The molecule has 1 aromatic carbocycles. The van der Waals surface area contributed by atoms with E-state index >= 15 is 0 Å². The number of piperazine rings is 1. The molecule has 9 heteroatoms. The maximum atomic E-state index is 13.1. The lowest BCUT2D eigenvalue weighted by molar-refractivity contribution is -0.125. The van der Waals surface area contributed by atoms with Gasteiger partial charge in [0, 0.05) is 44.1 Å². The van der Waals surface area contributed by atoms with E-state index in [1.165, 1.54) is 0 Å². The molecule has 0 radical (unpaired) electrons. The van der Waals surface area contributed by atoms with E-state index in [-0.39, 0.29) is 24.9 Å². The highest BCUT2D eigenvalue weighted by molar-refractivity contribution is 6.02. The van der Waals surface area contributed by atoms with Crippen LogP contribution in [0.4, 0.5) is 10.6 Å². The smallest absolute Gasteiger partial charge is 0.324 e. The Kier molecular flexibility index (Phi) is 4.88. The second-order valence-corrected chi connectivity index (χ2v) is 6.64. The maximum Gasteiger partial charge on any atom is 0.324 e. The normalized spacial score (nSPS) is 17.1. The van der Waals surface area contributed by atoms with Crippen molar-refractivity contribution in [3.05, 3.63) is 54.0 Å². The van der Waals surface area contributed by atoms with Crippen LogP contribution in [0, 0.1) is 0 Å². The molecule has 0 atom stereocenters. The predicted octanol–water partition coefficient (Wildman–Crippen LogP) is 0.491. The number of rotatable bonds is 4. The summed E-state index contributed by atoms with van der Waals surface area (Å²) in [6.07, 6.45) is 5.00. The van der Waals surface area contributed by atoms with Gasteiger partial charge in [-0.1, -0.05) is 18.2 Å². The van der Waals surface area contributed by atoms with Gasteiger partial charge in [0.2, 0.25) is 5.91 Å². The third kappa shape index (κ3) is 3.51. The van der Waals surface area contributed by atoms with Crippen LogP contribution in [0.2, 0.25) is 0 Å². The molecule has 2 aliphatic rings. The summed E-state index contributed by atoms with van der Waals surface area (Å²) in [5.74, 6) is 0.417. The average molecular weight is 380 g/mol. The van der Waals surface area contributed by atoms with Crippen molar-refractivity contribution in [2.45, 2.75) is 6.54 Å². The lowest BCUT2D eigenvalue weighted by Crippen LogP contribution is -2.49. The van der Waals surface area contributed by atoms with E-state index < -0.39 is 6.03 Å². The van der Waals surface area contributed by atoms with Gasteiger partial charge in [0.25, 0.3) is 5.91 Å². The van der Waals surface area contributed by atoms with Crippen LogP contribution < -0.4 is 10.2 Å². The monoisotopic (exact) mass is 380 g/mol. The molecule has 0 spiro atoms. The number of hydrogen-bond donors (Lipinski definition) is 1. The minimum Gasteiger partial charge on any atom is -0.352 e. The Labute approximate surface area is 162 Å². The third-order valence-electron chi connectivity index (χ3n) is 4.95. The Morgan fingerprint density at radius 1 is 1.07 bits per heavy atom. The Hall–Kier alpha value is -3.49. The minimum atomic E-state index is -0.426. The molecule has 2 fully saturated rings. The van der Waals surface area contributed by atoms with Crippen LogP contribution in [0.1, 0.15) is 15.9 Å². The summed E-state index contributed by atoms with van der Waals surface area (Å²) in [6, 6.07) is 6.69. The number of benzene rings is 1. The van der Waals surface area contributed by atoms with Gasteiger partial charge >= 0.3 is 6.03 Å². The third-order valence-corrected chi connectivity index (χ3v) is 4.95. The largest absolute Gasteiger partial charge is 0.352 e. The number of urea groups is 1. The van der Waals surface area contributed by atoms with Crippen molar-refractivity contribution in [3.8, 4) is 0 Å². The van der Waals surface area contributed by atoms with Gasteiger partial charge < -0.3 is 15.1 Å². The highest BCUT2D eigenvalue weighted by atomic mass is 16.2. The lowest BCUT2D eigenvalue weighted by Gasteiger charge is -2.35. The van der Waals surface area contributed by atoms with Crippen LogP contribution in [-0.4, -0.2) is 70.3 Å². The van der Waals surface area contributed by atoms with E-state index in [1.807, 2.05) is 0 Å². The summed E-state index contributed by atoms with van der Waals surface area (Å²) in [7, 11) is 0. The Bertz CT molecular complexity index is 880. The first kappa shape index (κ1) is 17.9. The summed E-state index contributed by atoms with van der Waals surface area (Å²) < 4.78 is 0. The second kappa shape index (κ2) is 7.63. The molecule has 0 unspecified atom stereocenters. The van der Waals surface area contributed by atoms with Gasteiger partial charge in [-0.25, -0.2) is 9.78 Å². The quantitative estimate of drug-likeness (QED) is 0.775. The molecule has 2 aliphatic heterocycles. The zero-order valence-corrected chi connectivity index (χ0v) is 15.2. The number of amides is 4. The van der Waals surface area contributed by atoms with Crippen molar-refractivity contribution >= 4 is 23.7 Å². The molecule has 0 bridgehead atoms. The van der Waals surface area contributed by atoms with Gasteiger partial charge in [-0.2, -0.15) is 0 Å². The van der Waals surface area contributed by atoms with E-state index in [1.54, 1.807) is 47.8 Å². The number of aromatic nitrogens is 2. The lowest BCUT2D eigenvalue weighted by atomic mass is 10.1. The summed E-state index contributed by atoms with van der Waals surface area (Å²) >= 11 is 0. The van der Waals surface area contributed by atoms with Crippen molar-refractivity contribution < 1.29 is 14.4 Å². The first-order valence-electron chi connectivity index (χ1n) is 9.10. The van der Waals surface area contributed by atoms with Gasteiger partial charge in [-0.05, 0) is 11.6 Å². The molecule has 4 rings (SSSR count). The fraction of sp³-hybridized carbons (Fsp3) is 0.316. The number of anilines is 1. The minimum absolute atomic E-state index is 0.000709. The predicted molar refractivity (Wildman–Crippen MR) is 101 cm³/mol. The second-order valence-electron chi connectivity index (χ2n) is 6.64. The average Bonchev–Trinajstić information content (AvgIpc) is 3.06. The zero-order valence-electron chi connectivity index (χ0n) is 15.2. The van der Waals surface area contributed by atoms with Crippen LogP contribution in [0.15, 0.2) is 42.9 Å². The van der Waals surface area contributed by atoms with Crippen LogP contribution in [-0.2, 0) is 11.3 Å². The van der Waals surface area contributed by atoms with E-state index in [9.17, 15) is 14.4 Å². The highest BCUT2D eigenvalue weighted by Gasteiger charge is 2.30. The van der Waals surface area contributed by atoms with Gasteiger partial charge in [0.05, 0.1) is 19.3 Å². The topological polar surface area (TPSA) is 98.7 Å². The van der Waals surface area contributed by atoms with Crippen molar-refractivity contribution in [2.75, 3.05) is 37.6 Å². The van der Waals surface area contributed by atoms with Crippen molar-refractivity contribution in [3.63, 3.8) is 0 Å². The molecule has 1 aromatic heterocycles. The van der Waals surface area contributed by atoms with Gasteiger partial charge in [-0.15, -0.1) is 0 Å². The van der Waals surface area contributed by atoms with Crippen molar-refractivity contribution in [1.29, 1.82) is 0 Å². The van der Waals surface area contributed by atoms with Crippen molar-refractivity contribution in [2.24, 2.45) is 0 Å². The van der Waals surface area contributed by atoms with E-state index in [2.05, 4.69) is 20.2 Å². The SMILES string of the molecule is O=C(c1ccccc1CN1C(=O)CNC1=O)N1CCN(c2cnccn2)CC1. The molecule has 0 aliphatic carbocycles. The number of nitrogens with zero attached hydrogens (tertiary/aromatic N) is 5. The molecule has 3 heterocycles. The van der Waals surface area contributed by atoms with E-state index in [0.717, 1.165) is 10.7 Å². The molecule has 4 amide bonds. The van der Waals surface area contributed by atoms with Gasteiger partial charge in [0.15, 0.2) is 0 Å². The fourth-order valence-electron chi connectivity index (χ4n) is 3.42. The van der Waals surface area contributed by atoms with Gasteiger partial charge in [-0.3, -0.25) is 19.5 Å². The summed E-state index contributed by atoms with van der Waals surface area (Å²) in [4.78, 5) is 50.2. The molecule has 9 nitrogen and oxygen atoms in total. The summed E-state index contributed by atoms with van der Waals surface area (Å²) in [5.41, 5.74) is 1.18. The first-order valence-corrected chi connectivity index (χ1v) is 9.10. The number of nitrogens with one attached hydrogen (secondary N) is 1. The molecular formula is C19H20N6O3. The van der Waals surface area contributed by atoms with E-state index in [0.29, 0.717) is 37.3 Å². The summed E-state index contributed by atoms with van der Waals surface area (Å²) in [5, 5.41) is 2.50. The van der Waals surface area contributed by atoms with Crippen LogP contribution >= 0.6 is 0 Å². The first-order chi connectivity index (χ1) is 13.6. The Morgan fingerprint density at radius 3 is 2.54 bits per heavy atom. The zero-order chi connectivity index (χ0) is 19.5. The standard InChI is InChI=1S/C19H20N6O3/c26-17-12-22-19(28)25(17)13-14-3-1-2-4-15(14)18(27)24-9-7-23(8-10-24)16-11-20-5-6-21-16/h1-6,11H,7-10,12-13H2,(H,22,28). The summed E-state index contributed by atoms with van der Waals surface area (Å²) in [6.45, 7) is 2.55. The molecular weight excluding hydrogens is 360 g/mol. The van der Waals surface area contributed by atoms with Crippen LogP contribution in [0.5, 0.6) is 0 Å². The highest BCUT2D eigenvalue weighted by Crippen LogP contribution is 2.18. The maximum absolute atomic E-state index is 13.1. The molecule has 2 saturated heterocycles. The van der Waals surface area contributed by atoms with Crippen LogP contribution in [0.25, 0.3) is 0 Å². The van der Waals surface area contributed by atoms with Gasteiger partial charge in [0.1, 0.15) is 5.82 Å². The molecule has 0 saturated carbocycles. The number of hydrogen-bond acceptors (Lipinski definition) is 6. The molecule has 2 aromatic rings. The Morgan fingerprint density at radius 2 is 1.86 bits per heavy atom. The Balaban J connectivity index is 1.46. The number of imide groups is 1. The fourth-order valence-corrected chi connectivity index (χ4v) is 3.42. The number of carbonyl (C=O) groups excluding carboxylic acids is 3. The van der Waals surface area contributed by atoms with Crippen LogP contribution in [0.3, 0.4) is 0 Å². The van der Waals surface area contributed by atoms with E-state index in [4.69, 9.17) is 0 Å². The van der Waals surface area contributed by atoms with Crippen molar-refractivity contribution in [1.82, 2.24) is 25.1 Å². The number of carbonyl (C=O) groups is 3. The molecule has 1 N–H and O–H groups in total. The molecule has 28 heavy (non-hydrogen) atoms. The molecule has 144 valence electrons.